The van der Waals surface area contributed by atoms with Gasteiger partial charge in [-0.3, -0.25) is 0 Å². The van der Waals surface area contributed by atoms with Gasteiger partial charge >= 0.3 is 0 Å². The maximum absolute atomic E-state index is 6.14. The fourth-order valence-electron chi connectivity index (χ4n) is 3.14. The maximum Gasteiger partial charge on any atom is 0.0393 e. The van der Waals surface area contributed by atoms with Crippen LogP contribution in [0.1, 0.15) is 36.8 Å². The van der Waals surface area contributed by atoms with E-state index in [1.54, 1.807) is 0 Å². The fraction of sp³-hybridized carbons (Fsp3) is 0.625. The number of nitrogens with two attached hydrogens (primary N) is 1. The van der Waals surface area contributed by atoms with Crippen LogP contribution in [0, 0.1) is 19.8 Å². The van der Waals surface area contributed by atoms with E-state index in [9.17, 15) is 0 Å². The van der Waals surface area contributed by atoms with Crippen molar-refractivity contribution in [3.63, 3.8) is 0 Å². The summed E-state index contributed by atoms with van der Waals surface area (Å²) in [6, 6.07) is 7.13. The first-order chi connectivity index (χ1) is 8.58. The summed E-state index contributed by atoms with van der Waals surface area (Å²) in [5.41, 5.74) is 10.2. The second kappa shape index (κ2) is 5.75. The van der Waals surface area contributed by atoms with Gasteiger partial charge in [-0.1, -0.05) is 24.1 Å². The van der Waals surface area contributed by atoms with Crippen molar-refractivity contribution in [2.24, 2.45) is 11.7 Å². The van der Waals surface area contributed by atoms with E-state index in [4.69, 9.17) is 5.73 Å². The minimum absolute atomic E-state index is 0.442. The van der Waals surface area contributed by atoms with Gasteiger partial charge in [0.25, 0.3) is 0 Å². The van der Waals surface area contributed by atoms with Crippen LogP contribution < -0.4 is 10.6 Å². The van der Waals surface area contributed by atoms with Crippen LogP contribution in [0.25, 0.3) is 0 Å². The van der Waals surface area contributed by atoms with E-state index in [0.717, 1.165) is 12.5 Å². The lowest BCUT2D eigenvalue weighted by molar-refractivity contribution is 0.449. The minimum Gasteiger partial charge on any atom is -0.374 e. The minimum atomic E-state index is 0.442. The highest BCUT2D eigenvalue weighted by atomic mass is 15.1. The van der Waals surface area contributed by atoms with Gasteiger partial charge in [0.05, 0.1) is 0 Å². The Bertz CT molecular complexity index is 400. The van der Waals surface area contributed by atoms with E-state index in [2.05, 4.69) is 44.0 Å². The van der Waals surface area contributed by atoms with Gasteiger partial charge in [-0.2, -0.15) is 0 Å². The molecule has 2 rings (SSSR count). The van der Waals surface area contributed by atoms with E-state index in [-0.39, 0.29) is 0 Å². The summed E-state index contributed by atoms with van der Waals surface area (Å²) in [7, 11) is 2.19. The molecule has 0 bridgehead atoms. The van der Waals surface area contributed by atoms with Crippen molar-refractivity contribution in [3.05, 3.63) is 29.3 Å². The monoisotopic (exact) mass is 246 g/mol. The van der Waals surface area contributed by atoms with Crippen molar-refractivity contribution in [3.8, 4) is 0 Å². The molecule has 1 aromatic rings. The molecule has 0 amide bonds. The summed E-state index contributed by atoms with van der Waals surface area (Å²) in [4.78, 5) is 2.37. The normalized spacial score (nSPS) is 23.3. The Morgan fingerprint density at radius 2 is 2.06 bits per heavy atom. The molecule has 1 fully saturated rings. The van der Waals surface area contributed by atoms with Crippen LogP contribution in [0.3, 0.4) is 0 Å². The van der Waals surface area contributed by atoms with Gasteiger partial charge in [0.15, 0.2) is 0 Å². The molecule has 0 spiro atoms. The SMILES string of the molecule is Cc1ccc(N(C)CCC2CCCC2N)c(C)c1. The number of hydrogen-bond acceptors (Lipinski definition) is 2. The van der Waals surface area contributed by atoms with E-state index in [0.29, 0.717) is 6.04 Å². The maximum atomic E-state index is 6.14. The van der Waals surface area contributed by atoms with Crippen molar-refractivity contribution < 1.29 is 0 Å². The van der Waals surface area contributed by atoms with Crippen LogP contribution in [0.5, 0.6) is 0 Å². The number of rotatable bonds is 4. The molecule has 0 radical (unpaired) electrons. The van der Waals surface area contributed by atoms with Crippen molar-refractivity contribution >= 4 is 5.69 Å². The van der Waals surface area contributed by atoms with Crippen molar-refractivity contribution in [2.45, 2.75) is 45.6 Å². The summed E-state index contributed by atoms with van der Waals surface area (Å²) in [6.45, 7) is 5.46. The molecule has 0 aliphatic heterocycles. The standard InChI is InChI=1S/C16H26N2/c1-12-7-8-16(13(2)11-12)18(3)10-9-14-5-4-6-15(14)17/h7-8,11,14-15H,4-6,9-10,17H2,1-3H3. The lowest BCUT2D eigenvalue weighted by atomic mass is 10.00. The molecule has 2 N–H and O–H groups in total. The van der Waals surface area contributed by atoms with Crippen molar-refractivity contribution in [1.29, 1.82) is 0 Å². The highest BCUT2D eigenvalue weighted by Crippen LogP contribution is 2.28. The molecule has 1 aliphatic rings. The average Bonchev–Trinajstić information content (AvgIpc) is 2.72. The summed E-state index contributed by atoms with van der Waals surface area (Å²) in [5.74, 6) is 0.734. The Morgan fingerprint density at radius 3 is 2.67 bits per heavy atom. The van der Waals surface area contributed by atoms with Gasteiger partial charge in [-0.15, -0.1) is 0 Å². The van der Waals surface area contributed by atoms with Gasteiger partial charge < -0.3 is 10.6 Å². The Kier molecular flexibility index (Phi) is 4.28. The summed E-state index contributed by atoms with van der Waals surface area (Å²) in [6.07, 6.45) is 5.09. The van der Waals surface area contributed by atoms with Crippen LogP contribution in [0.2, 0.25) is 0 Å². The lowest BCUT2D eigenvalue weighted by Gasteiger charge is -2.24. The predicted octanol–water partition coefficient (Wildman–Crippen LogP) is 3.26. The first-order valence-electron chi connectivity index (χ1n) is 7.12. The van der Waals surface area contributed by atoms with E-state index in [1.807, 2.05) is 0 Å². The van der Waals surface area contributed by atoms with Crippen LogP contribution in [-0.4, -0.2) is 19.6 Å². The van der Waals surface area contributed by atoms with Crippen molar-refractivity contribution in [1.82, 2.24) is 0 Å². The lowest BCUT2D eigenvalue weighted by Crippen LogP contribution is -2.29. The highest BCUT2D eigenvalue weighted by molar-refractivity contribution is 5.53. The van der Waals surface area contributed by atoms with E-state index < -0.39 is 0 Å². The van der Waals surface area contributed by atoms with Gasteiger partial charge in [0.1, 0.15) is 0 Å². The second-order valence-corrected chi connectivity index (χ2v) is 5.86. The Hall–Kier alpha value is -1.02. The first kappa shape index (κ1) is 13.4. The van der Waals surface area contributed by atoms with Crippen LogP contribution >= 0.6 is 0 Å². The third-order valence-electron chi connectivity index (χ3n) is 4.32. The van der Waals surface area contributed by atoms with Gasteiger partial charge in [-0.05, 0) is 50.7 Å². The summed E-state index contributed by atoms with van der Waals surface area (Å²) >= 11 is 0. The Morgan fingerprint density at radius 1 is 1.28 bits per heavy atom. The molecule has 1 aromatic carbocycles. The van der Waals surface area contributed by atoms with Crippen molar-refractivity contribution in [2.75, 3.05) is 18.5 Å². The van der Waals surface area contributed by atoms with E-state index >= 15 is 0 Å². The molecular formula is C16H26N2. The zero-order valence-corrected chi connectivity index (χ0v) is 11.9. The molecule has 0 aromatic heterocycles. The zero-order chi connectivity index (χ0) is 13.1. The third kappa shape index (κ3) is 3.05. The fourth-order valence-corrected chi connectivity index (χ4v) is 3.14. The van der Waals surface area contributed by atoms with E-state index in [1.165, 1.54) is 42.5 Å². The summed E-state index contributed by atoms with van der Waals surface area (Å²) in [5, 5.41) is 0. The van der Waals surface area contributed by atoms with Gasteiger partial charge in [0, 0.05) is 25.3 Å². The molecule has 2 nitrogen and oxygen atoms in total. The Balaban J connectivity index is 1.93. The number of hydrogen-bond donors (Lipinski definition) is 1. The quantitative estimate of drug-likeness (QED) is 0.883. The van der Waals surface area contributed by atoms with Crippen LogP contribution in [0.15, 0.2) is 18.2 Å². The molecule has 100 valence electrons. The Labute approximate surface area is 111 Å². The van der Waals surface area contributed by atoms with Gasteiger partial charge in [0.2, 0.25) is 0 Å². The molecule has 2 unspecified atom stereocenters. The molecular weight excluding hydrogens is 220 g/mol. The first-order valence-corrected chi connectivity index (χ1v) is 7.12. The van der Waals surface area contributed by atoms with Gasteiger partial charge in [-0.25, -0.2) is 0 Å². The number of nitrogens with zero attached hydrogens (tertiary/aromatic N) is 1. The molecule has 1 aliphatic carbocycles. The number of anilines is 1. The third-order valence-corrected chi connectivity index (χ3v) is 4.32. The largest absolute Gasteiger partial charge is 0.374 e. The van der Waals surface area contributed by atoms with Crippen LogP contribution in [-0.2, 0) is 0 Å². The smallest absolute Gasteiger partial charge is 0.0393 e. The predicted molar refractivity (Wildman–Crippen MR) is 79.1 cm³/mol. The average molecular weight is 246 g/mol. The molecule has 2 heteroatoms. The molecule has 18 heavy (non-hydrogen) atoms. The molecule has 2 atom stereocenters. The topological polar surface area (TPSA) is 29.3 Å². The second-order valence-electron chi connectivity index (χ2n) is 5.86. The number of aryl methyl sites for hydroxylation is 2. The highest BCUT2D eigenvalue weighted by Gasteiger charge is 2.23. The molecule has 0 heterocycles. The molecule has 1 saturated carbocycles. The summed E-state index contributed by atoms with van der Waals surface area (Å²) < 4.78 is 0. The molecule has 0 saturated heterocycles. The van der Waals surface area contributed by atoms with Crippen LogP contribution in [0.4, 0.5) is 5.69 Å². The number of benzene rings is 1. The zero-order valence-electron chi connectivity index (χ0n) is 11.9.